The first-order valence-corrected chi connectivity index (χ1v) is 8.23. The molecule has 0 aromatic rings. The van der Waals surface area contributed by atoms with Crippen LogP contribution in [-0.2, 0) is 19.4 Å². The Balaban J connectivity index is 1.91. The summed E-state index contributed by atoms with van der Waals surface area (Å²) in [6, 6.07) is 0.191. The molecule has 19 heavy (non-hydrogen) atoms. The maximum Gasteiger partial charge on any atom is 0.303 e. The molecule has 6 nitrogen and oxygen atoms in total. The third-order valence-corrected chi connectivity index (χ3v) is 5.58. The van der Waals surface area contributed by atoms with Crippen molar-refractivity contribution < 1.29 is 23.1 Å². The van der Waals surface area contributed by atoms with Crippen LogP contribution in [0.2, 0.25) is 0 Å². The molecule has 0 aromatic carbocycles. The number of rotatable bonds is 7. The number of carboxylic acid groups (broad SMARTS) is 1. The molecule has 108 valence electrons. The van der Waals surface area contributed by atoms with Gasteiger partial charge in [-0.15, -0.1) is 0 Å². The van der Waals surface area contributed by atoms with Crippen LogP contribution in [0.15, 0.2) is 0 Å². The summed E-state index contributed by atoms with van der Waals surface area (Å²) in [6.45, 7) is 0. The number of nitrogens with zero attached hydrogens (tertiary/aromatic N) is 1. The van der Waals surface area contributed by atoms with E-state index in [0.29, 0.717) is 12.8 Å². The molecule has 0 heterocycles. The minimum absolute atomic E-state index is 0.126. The molecule has 2 aliphatic rings. The highest BCUT2D eigenvalue weighted by molar-refractivity contribution is 7.92. The lowest BCUT2D eigenvalue weighted by Gasteiger charge is -2.18. The quantitative estimate of drug-likeness (QED) is 0.726. The molecule has 2 aliphatic carbocycles. The number of hydrogen-bond acceptors (Lipinski definition) is 4. The maximum absolute atomic E-state index is 12.0. The number of carboxylic acids is 1. The summed E-state index contributed by atoms with van der Waals surface area (Å²) < 4.78 is 24.0. The Morgan fingerprint density at radius 1 is 1.32 bits per heavy atom. The number of sulfone groups is 1. The van der Waals surface area contributed by atoms with Crippen molar-refractivity contribution in [2.24, 2.45) is 5.41 Å². The van der Waals surface area contributed by atoms with E-state index in [1.54, 1.807) is 7.05 Å². The summed E-state index contributed by atoms with van der Waals surface area (Å²) in [5.41, 5.74) is -0.622. The molecule has 2 fully saturated rings. The largest absolute Gasteiger partial charge is 0.481 e. The van der Waals surface area contributed by atoms with Crippen LogP contribution in [0.4, 0.5) is 0 Å². The molecule has 0 bridgehead atoms. The minimum atomic E-state index is -3.53. The van der Waals surface area contributed by atoms with Gasteiger partial charge in [0.15, 0.2) is 9.84 Å². The molecule has 0 aliphatic heterocycles. The topological polar surface area (TPSA) is 91.8 Å². The van der Waals surface area contributed by atoms with Crippen molar-refractivity contribution in [3.63, 3.8) is 0 Å². The normalized spacial score (nSPS) is 20.9. The molecule has 0 atom stereocenters. The molecule has 0 radical (unpaired) electrons. The summed E-state index contributed by atoms with van der Waals surface area (Å²) in [5.74, 6) is -2.04. The molecule has 0 aromatic heterocycles. The Labute approximate surface area is 112 Å². The van der Waals surface area contributed by atoms with Crippen molar-refractivity contribution in [2.45, 2.75) is 38.1 Å². The molecule has 0 unspecified atom stereocenters. The van der Waals surface area contributed by atoms with Crippen LogP contribution in [-0.4, -0.2) is 54.9 Å². The molecule has 2 rings (SSSR count). The zero-order chi connectivity index (χ0) is 14.3. The maximum atomic E-state index is 12.0. The standard InChI is InChI=1S/C12H19NO5S/c1-13(9-2-3-9)10(14)7-19(17,18)8-12(4-5-12)6-11(15)16/h9H,2-8H2,1H3,(H,15,16). The van der Waals surface area contributed by atoms with Gasteiger partial charge >= 0.3 is 5.97 Å². The predicted molar refractivity (Wildman–Crippen MR) is 68.4 cm³/mol. The zero-order valence-electron chi connectivity index (χ0n) is 11.0. The molecular formula is C12H19NO5S. The lowest BCUT2D eigenvalue weighted by atomic mass is 10.1. The predicted octanol–water partition coefficient (Wildman–Crippen LogP) is 0.277. The molecule has 0 spiro atoms. The summed E-state index contributed by atoms with van der Waals surface area (Å²) in [4.78, 5) is 24.0. The minimum Gasteiger partial charge on any atom is -0.481 e. The SMILES string of the molecule is CN(C(=O)CS(=O)(=O)CC1(CC(=O)O)CC1)C1CC1. The average molecular weight is 289 g/mol. The average Bonchev–Trinajstić information content (AvgIpc) is 3.09. The van der Waals surface area contributed by atoms with E-state index in [4.69, 9.17) is 5.11 Å². The van der Waals surface area contributed by atoms with Gasteiger partial charge in [-0.2, -0.15) is 0 Å². The van der Waals surface area contributed by atoms with Gasteiger partial charge in [0, 0.05) is 13.1 Å². The number of carbonyl (C=O) groups excluding carboxylic acids is 1. The number of carbonyl (C=O) groups is 2. The highest BCUT2D eigenvalue weighted by Crippen LogP contribution is 2.49. The highest BCUT2D eigenvalue weighted by atomic mass is 32.2. The Kier molecular flexibility index (Phi) is 3.59. The van der Waals surface area contributed by atoms with E-state index < -0.39 is 27.0 Å². The molecular weight excluding hydrogens is 270 g/mol. The first-order valence-electron chi connectivity index (χ1n) is 6.41. The third-order valence-electron chi connectivity index (χ3n) is 3.84. The summed E-state index contributed by atoms with van der Waals surface area (Å²) in [5, 5.41) is 8.77. The van der Waals surface area contributed by atoms with E-state index in [2.05, 4.69) is 0 Å². The van der Waals surface area contributed by atoms with Crippen molar-refractivity contribution in [2.75, 3.05) is 18.6 Å². The van der Waals surface area contributed by atoms with Gasteiger partial charge in [-0.05, 0) is 31.1 Å². The highest BCUT2D eigenvalue weighted by Gasteiger charge is 2.48. The van der Waals surface area contributed by atoms with E-state index in [0.717, 1.165) is 12.8 Å². The van der Waals surface area contributed by atoms with Crippen LogP contribution in [0, 0.1) is 5.41 Å². The first kappa shape index (κ1) is 14.3. The molecule has 0 saturated heterocycles. The summed E-state index contributed by atoms with van der Waals surface area (Å²) in [6.07, 6.45) is 2.98. The van der Waals surface area contributed by atoms with E-state index in [-0.39, 0.29) is 24.1 Å². The van der Waals surface area contributed by atoms with Crippen LogP contribution in [0.3, 0.4) is 0 Å². The van der Waals surface area contributed by atoms with Gasteiger partial charge in [-0.1, -0.05) is 0 Å². The number of amides is 1. The van der Waals surface area contributed by atoms with Crippen molar-refractivity contribution in [3.8, 4) is 0 Å². The smallest absolute Gasteiger partial charge is 0.303 e. The zero-order valence-corrected chi connectivity index (χ0v) is 11.8. The van der Waals surface area contributed by atoms with Crippen molar-refractivity contribution >= 4 is 21.7 Å². The second-order valence-corrected chi connectivity index (χ2v) is 7.90. The van der Waals surface area contributed by atoms with Gasteiger partial charge < -0.3 is 10.0 Å². The Morgan fingerprint density at radius 3 is 2.32 bits per heavy atom. The van der Waals surface area contributed by atoms with Gasteiger partial charge in [0.2, 0.25) is 5.91 Å². The molecule has 7 heteroatoms. The Morgan fingerprint density at radius 2 is 1.89 bits per heavy atom. The lowest BCUT2D eigenvalue weighted by molar-refractivity contribution is -0.138. The first-order chi connectivity index (χ1) is 8.73. The second kappa shape index (κ2) is 4.77. The fourth-order valence-electron chi connectivity index (χ4n) is 2.34. The van der Waals surface area contributed by atoms with Gasteiger partial charge in [-0.25, -0.2) is 8.42 Å². The van der Waals surface area contributed by atoms with Crippen LogP contribution in [0.1, 0.15) is 32.1 Å². The van der Waals surface area contributed by atoms with Crippen LogP contribution in [0.25, 0.3) is 0 Å². The summed E-state index contributed by atoms with van der Waals surface area (Å²) >= 11 is 0. The van der Waals surface area contributed by atoms with Crippen molar-refractivity contribution in [1.29, 1.82) is 0 Å². The van der Waals surface area contributed by atoms with Gasteiger partial charge in [0.05, 0.1) is 12.2 Å². The second-order valence-electron chi connectivity index (χ2n) is 5.84. The van der Waals surface area contributed by atoms with E-state index >= 15 is 0 Å². The molecule has 2 saturated carbocycles. The van der Waals surface area contributed by atoms with Crippen LogP contribution in [0.5, 0.6) is 0 Å². The van der Waals surface area contributed by atoms with E-state index in [1.807, 2.05) is 0 Å². The number of hydrogen-bond donors (Lipinski definition) is 1. The number of aliphatic carboxylic acids is 1. The fourth-order valence-corrected chi connectivity index (χ4v) is 4.35. The fraction of sp³-hybridized carbons (Fsp3) is 0.833. The monoisotopic (exact) mass is 289 g/mol. The van der Waals surface area contributed by atoms with Crippen molar-refractivity contribution in [1.82, 2.24) is 4.90 Å². The van der Waals surface area contributed by atoms with Crippen LogP contribution >= 0.6 is 0 Å². The lowest BCUT2D eigenvalue weighted by Crippen LogP contribution is -2.36. The van der Waals surface area contributed by atoms with E-state index in [1.165, 1.54) is 4.90 Å². The Hall–Kier alpha value is -1.11. The van der Waals surface area contributed by atoms with Gasteiger partial charge in [0.1, 0.15) is 5.75 Å². The molecule has 1 amide bonds. The van der Waals surface area contributed by atoms with Gasteiger partial charge in [0.25, 0.3) is 0 Å². The third kappa shape index (κ3) is 3.92. The summed E-state index contributed by atoms with van der Waals surface area (Å²) in [7, 11) is -1.90. The van der Waals surface area contributed by atoms with Crippen LogP contribution < -0.4 is 0 Å². The van der Waals surface area contributed by atoms with Gasteiger partial charge in [-0.3, -0.25) is 9.59 Å². The van der Waals surface area contributed by atoms with Crippen molar-refractivity contribution in [3.05, 3.63) is 0 Å². The Bertz CT molecular complexity index is 490. The van der Waals surface area contributed by atoms with E-state index in [9.17, 15) is 18.0 Å². The molecule has 1 N–H and O–H groups in total.